The average molecular weight is 559 g/mol. The Morgan fingerprint density at radius 2 is 1.46 bits per heavy atom. The van der Waals surface area contributed by atoms with E-state index in [2.05, 4.69) is 10.2 Å². The number of amides is 3. The summed E-state index contributed by atoms with van der Waals surface area (Å²) in [7, 11) is 0. The molecular weight excluding hydrogens is 526 g/mol. The Morgan fingerprint density at radius 1 is 0.872 bits per heavy atom. The smallest absolute Gasteiger partial charge is 0.340 e. The van der Waals surface area contributed by atoms with Gasteiger partial charge in [-0.3, -0.25) is 9.69 Å². The highest BCUT2D eigenvalue weighted by Crippen LogP contribution is 2.37. The zero-order valence-electron chi connectivity index (χ0n) is 21.6. The van der Waals surface area contributed by atoms with Crippen molar-refractivity contribution in [2.75, 3.05) is 44.6 Å². The Morgan fingerprint density at radius 3 is 2.00 bits per heavy atom. The lowest BCUT2D eigenvalue weighted by molar-refractivity contribution is -0.143. The number of nitrogens with one attached hydrogen (secondary N) is 1. The fourth-order valence-corrected chi connectivity index (χ4v) is 4.28. The van der Waals surface area contributed by atoms with Gasteiger partial charge in [0.1, 0.15) is 0 Å². The molecule has 39 heavy (non-hydrogen) atoms. The Balaban J connectivity index is 1.60. The molecule has 0 saturated carbocycles. The van der Waals surface area contributed by atoms with Crippen molar-refractivity contribution in [3.63, 3.8) is 0 Å². The first-order valence-electron chi connectivity index (χ1n) is 12.8. The van der Waals surface area contributed by atoms with E-state index in [9.17, 15) is 35.9 Å². The molecule has 0 unspecified atom stereocenters. The summed E-state index contributed by atoms with van der Waals surface area (Å²) >= 11 is 0. The Hall–Kier alpha value is -3.28. The van der Waals surface area contributed by atoms with E-state index in [0.717, 1.165) is 6.54 Å². The Bertz CT molecular complexity index is 1070. The van der Waals surface area contributed by atoms with E-state index in [0.29, 0.717) is 51.2 Å². The number of rotatable bonds is 9. The van der Waals surface area contributed by atoms with E-state index in [1.807, 2.05) is 37.3 Å². The maximum atomic E-state index is 13.2. The number of benzene rings is 2. The molecule has 0 bridgehead atoms. The largest absolute Gasteiger partial charge is 0.416 e. The molecule has 3 rings (SSSR count). The molecule has 12 heteroatoms. The maximum Gasteiger partial charge on any atom is 0.416 e. The molecule has 214 valence electrons. The standard InChI is InChI=1S/C27H32F6N4O2/c1-2-3-10-37(25(39)34-23-17-21(26(28,29)30)16-22(18-23)27(31,32)33)11-9-24(38)36-14-12-35(13-15-36)19-20-7-5-4-6-8-20/h4-8,16-18H,2-3,9-15,19H2,1H3,(H,34,39). The second-order valence-electron chi connectivity index (χ2n) is 9.46. The summed E-state index contributed by atoms with van der Waals surface area (Å²) in [5.74, 6) is -0.165. The van der Waals surface area contributed by atoms with Crippen LogP contribution in [0.2, 0.25) is 0 Å². The lowest BCUT2D eigenvalue weighted by Crippen LogP contribution is -2.49. The van der Waals surface area contributed by atoms with Crippen molar-refractivity contribution in [3.05, 3.63) is 65.2 Å². The van der Waals surface area contributed by atoms with Gasteiger partial charge in [0.25, 0.3) is 0 Å². The van der Waals surface area contributed by atoms with Crippen molar-refractivity contribution in [2.45, 2.75) is 45.1 Å². The number of hydrogen-bond donors (Lipinski definition) is 1. The highest BCUT2D eigenvalue weighted by Gasteiger charge is 2.37. The van der Waals surface area contributed by atoms with Crippen LogP contribution >= 0.6 is 0 Å². The molecule has 2 aromatic carbocycles. The van der Waals surface area contributed by atoms with Crippen LogP contribution in [0.25, 0.3) is 0 Å². The molecular formula is C27H32F6N4O2. The minimum Gasteiger partial charge on any atom is -0.340 e. The molecule has 1 heterocycles. The first kappa shape index (κ1) is 30.3. The second kappa shape index (κ2) is 13.2. The van der Waals surface area contributed by atoms with Crippen LogP contribution in [0.1, 0.15) is 42.9 Å². The number of unbranched alkanes of at least 4 members (excludes halogenated alkanes) is 1. The van der Waals surface area contributed by atoms with E-state index in [1.54, 1.807) is 4.90 Å². The number of carbonyl (C=O) groups excluding carboxylic acids is 2. The highest BCUT2D eigenvalue weighted by molar-refractivity contribution is 5.90. The zero-order chi connectivity index (χ0) is 28.6. The third kappa shape index (κ3) is 9.15. The maximum absolute atomic E-state index is 13.2. The van der Waals surface area contributed by atoms with Crippen LogP contribution < -0.4 is 5.32 Å². The fourth-order valence-electron chi connectivity index (χ4n) is 4.28. The van der Waals surface area contributed by atoms with Gasteiger partial charge in [-0.1, -0.05) is 43.7 Å². The van der Waals surface area contributed by atoms with Gasteiger partial charge in [0.15, 0.2) is 0 Å². The van der Waals surface area contributed by atoms with Gasteiger partial charge in [-0.05, 0) is 30.2 Å². The van der Waals surface area contributed by atoms with Gasteiger partial charge in [0.2, 0.25) is 5.91 Å². The Labute approximate surface area is 223 Å². The average Bonchev–Trinajstić information content (AvgIpc) is 2.88. The normalized spacial score (nSPS) is 14.8. The number of carbonyl (C=O) groups is 2. The quantitative estimate of drug-likeness (QED) is 0.379. The predicted molar refractivity (Wildman–Crippen MR) is 135 cm³/mol. The number of piperazine rings is 1. The van der Waals surface area contributed by atoms with Crippen LogP contribution in [0.3, 0.4) is 0 Å². The summed E-state index contributed by atoms with van der Waals surface area (Å²) < 4.78 is 79.1. The molecule has 0 atom stereocenters. The van der Waals surface area contributed by atoms with Gasteiger partial charge in [-0.15, -0.1) is 0 Å². The zero-order valence-corrected chi connectivity index (χ0v) is 21.6. The molecule has 1 saturated heterocycles. The van der Waals surface area contributed by atoms with E-state index in [1.165, 1.54) is 10.5 Å². The van der Waals surface area contributed by atoms with Gasteiger partial charge in [0.05, 0.1) is 11.1 Å². The molecule has 0 aromatic heterocycles. The van der Waals surface area contributed by atoms with Crippen LogP contribution in [0.15, 0.2) is 48.5 Å². The minimum atomic E-state index is -5.03. The molecule has 0 radical (unpaired) electrons. The van der Waals surface area contributed by atoms with Crippen molar-refractivity contribution in [1.82, 2.24) is 14.7 Å². The summed E-state index contributed by atoms with van der Waals surface area (Å²) in [4.78, 5) is 30.9. The summed E-state index contributed by atoms with van der Waals surface area (Å²) in [5.41, 5.74) is -2.48. The molecule has 6 nitrogen and oxygen atoms in total. The van der Waals surface area contributed by atoms with Crippen LogP contribution in [0.4, 0.5) is 36.8 Å². The van der Waals surface area contributed by atoms with E-state index >= 15 is 0 Å². The summed E-state index contributed by atoms with van der Waals surface area (Å²) in [6.07, 6.45) is -8.81. The monoisotopic (exact) mass is 558 g/mol. The molecule has 1 aliphatic heterocycles. The number of hydrogen-bond acceptors (Lipinski definition) is 3. The van der Waals surface area contributed by atoms with Crippen molar-refractivity contribution in [3.8, 4) is 0 Å². The van der Waals surface area contributed by atoms with Gasteiger partial charge in [-0.25, -0.2) is 4.79 Å². The summed E-state index contributed by atoms with van der Waals surface area (Å²) in [5, 5.41) is 2.16. The predicted octanol–water partition coefficient (Wildman–Crippen LogP) is 6.09. The first-order valence-corrected chi connectivity index (χ1v) is 12.8. The van der Waals surface area contributed by atoms with Crippen LogP contribution in [0.5, 0.6) is 0 Å². The summed E-state index contributed by atoms with van der Waals surface area (Å²) in [6, 6.07) is 10.0. The van der Waals surface area contributed by atoms with Gasteiger partial charge in [-0.2, -0.15) is 26.3 Å². The van der Waals surface area contributed by atoms with Crippen molar-refractivity contribution >= 4 is 17.6 Å². The highest BCUT2D eigenvalue weighted by atomic mass is 19.4. The van der Waals surface area contributed by atoms with E-state index < -0.39 is 35.2 Å². The molecule has 1 aliphatic rings. The summed E-state index contributed by atoms with van der Waals surface area (Å²) in [6.45, 7) is 5.27. The topological polar surface area (TPSA) is 55.9 Å². The third-order valence-electron chi connectivity index (χ3n) is 6.48. The van der Waals surface area contributed by atoms with E-state index in [4.69, 9.17) is 0 Å². The molecule has 1 N–H and O–H groups in total. The SMILES string of the molecule is CCCCN(CCC(=O)N1CCN(Cc2ccccc2)CC1)C(=O)Nc1cc(C(F)(F)F)cc(C(F)(F)F)c1. The number of urea groups is 1. The van der Waals surface area contributed by atoms with Crippen LogP contribution in [-0.4, -0.2) is 65.9 Å². The van der Waals surface area contributed by atoms with Gasteiger partial charge in [0, 0.05) is 57.9 Å². The van der Waals surface area contributed by atoms with Crippen molar-refractivity contribution < 1.29 is 35.9 Å². The minimum absolute atomic E-state index is 0.00275. The first-order chi connectivity index (χ1) is 18.4. The van der Waals surface area contributed by atoms with Gasteiger partial charge < -0.3 is 15.1 Å². The fraction of sp³-hybridized carbons (Fsp3) is 0.481. The van der Waals surface area contributed by atoms with Crippen LogP contribution in [0, 0.1) is 0 Å². The molecule has 3 amide bonds. The lowest BCUT2D eigenvalue weighted by atomic mass is 10.1. The Kier molecular flexibility index (Phi) is 10.2. The van der Waals surface area contributed by atoms with Crippen molar-refractivity contribution in [1.29, 1.82) is 0 Å². The molecule has 2 aromatic rings. The molecule has 1 fully saturated rings. The van der Waals surface area contributed by atoms with Crippen LogP contribution in [-0.2, 0) is 23.7 Å². The molecule has 0 spiro atoms. The number of halogens is 6. The lowest BCUT2D eigenvalue weighted by Gasteiger charge is -2.35. The third-order valence-corrected chi connectivity index (χ3v) is 6.48. The van der Waals surface area contributed by atoms with Gasteiger partial charge >= 0.3 is 18.4 Å². The number of alkyl halides is 6. The second-order valence-corrected chi connectivity index (χ2v) is 9.46. The van der Waals surface area contributed by atoms with Crippen molar-refractivity contribution in [2.24, 2.45) is 0 Å². The number of nitrogens with zero attached hydrogens (tertiary/aromatic N) is 3. The van der Waals surface area contributed by atoms with E-state index in [-0.39, 0.29) is 31.5 Å². The number of anilines is 1. The molecule has 0 aliphatic carbocycles.